The summed E-state index contributed by atoms with van der Waals surface area (Å²) in [5, 5.41) is 1.36. The number of hydrogen-bond acceptors (Lipinski definition) is 2. The van der Waals surface area contributed by atoms with Crippen LogP contribution in [-0.2, 0) is 5.33 Å². The van der Waals surface area contributed by atoms with Gasteiger partial charge in [0.15, 0.2) is 5.78 Å². The Kier molecular flexibility index (Phi) is 5.32. The van der Waals surface area contributed by atoms with Gasteiger partial charge in [-0.25, -0.2) is 0 Å². The quantitative estimate of drug-likeness (QED) is 0.607. The van der Waals surface area contributed by atoms with Crippen LogP contribution in [-0.4, -0.2) is 18.2 Å². The van der Waals surface area contributed by atoms with E-state index >= 15 is 0 Å². The third-order valence-electron chi connectivity index (χ3n) is 2.07. The molecule has 0 spiro atoms. The van der Waals surface area contributed by atoms with E-state index in [-0.39, 0.29) is 5.78 Å². The molecular weight excluding hydrogens is 324 g/mol. The van der Waals surface area contributed by atoms with E-state index in [4.69, 9.17) is 4.74 Å². The molecule has 0 heterocycles. The van der Waals surface area contributed by atoms with Crippen LogP contribution in [0.25, 0.3) is 0 Å². The van der Waals surface area contributed by atoms with Crippen LogP contribution in [0, 0.1) is 0 Å². The van der Waals surface area contributed by atoms with Crippen LogP contribution in [0.1, 0.15) is 22.3 Å². The second-order valence-corrected chi connectivity index (χ2v) is 4.35. The van der Waals surface area contributed by atoms with Crippen molar-refractivity contribution in [2.75, 3.05) is 12.4 Å². The van der Waals surface area contributed by atoms with E-state index in [1.165, 1.54) is 0 Å². The Balaban J connectivity index is 3.11. The number of Topliss-reactive ketones (excluding diaryl/α,β-unsaturated/α-hetero) is 1. The average Bonchev–Trinajstić information content (AvgIpc) is 2.28. The molecular formula is C11H12Br2O2. The van der Waals surface area contributed by atoms with E-state index in [1.54, 1.807) is 13.2 Å². The zero-order chi connectivity index (χ0) is 11.3. The number of halogens is 2. The van der Waals surface area contributed by atoms with Crippen LogP contribution >= 0.6 is 31.9 Å². The maximum atomic E-state index is 11.8. The summed E-state index contributed by atoms with van der Waals surface area (Å²) in [6.07, 6.45) is 0.488. The van der Waals surface area contributed by atoms with Gasteiger partial charge < -0.3 is 4.74 Å². The van der Waals surface area contributed by atoms with Gasteiger partial charge in [0.25, 0.3) is 0 Å². The van der Waals surface area contributed by atoms with Gasteiger partial charge in [-0.15, -0.1) is 0 Å². The number of ketones is 1. The maximum Gasteiger partial charge on any atom is 0.167 e. The first-order valence-corrected chi connectivity index (χ1v) is 6.80. The number of methoxy groups -OCH3 is 1. The molecule has 0 bridgehead atoms. The molecule has 4 heteroatoms. The van der Waals surface area contributed by atoms with Crippen molar-refractivity contribution < 1.29 is 9.53 Å². The lowest BCUT2D eigenvalue weighted by atomic mass is 10.0. The summed E-state index contributed by atoms with van der Waals surface area (Å²) in [5.41, 5.74) is 1.66. The zero-order valence-electron chi connectivity index (χ0n) is 8.43. The Morgan fingerprint density at radius 2 is 2.13 bits per heavy atom. The lowest BCUT2D eigenvalue weighted by Crippen LogP contribution is -2.04. The summed E-state index contributed by atoms with van der Waals surface area (Å²) >= 11 is 6.63. The Labute approximate surface area is 106 Å². The largest absolute Gasteiger partial charge is 0.496 e. The Morgan fingerprint density at radius 3 is 2.67 bits per heavy atom. The third kappa shape index (κ3) is 3.05. The normalized spacial score (nSPS) is 10.1. The van der Waals surface area contributed by atoms with Gasteiger partial charge in [-0.05, 0) is 6.07 Å². The molecule has 2 nitrogen and oxygen atoms in total. The molecule has 0 fully saturated rings. The summed E-state index contributed by atoms with van der Waals surface area (Å²) in [4.78, 5) is 11.8. The number of alkyl halides is 2. The minimum absolute atomic E-state index is 0.103. The van der Waals surface area contributed by atoms with E-state index in [9.17, 15) is 4.79 Å². The van der Waals surface area contributed by atoms with Gasteiger partial charge in [0.1, 0.15) is 5.75 Å². The minimum atomic E-state index is 0.103. The molecule has 0 saturated carbocycles. The molecule has 0 amide bonds. The molecule has 0 aromatic heterocycles. The van der Waals surface area contributed by atoms with Crippen molar-refractivity contribution in [3.05, 3.63) is 29.3 Å². The SMILES string of the molecule is COc1c(CBr)cccc1C(=O)CCBr. The van der Waals surface area contributed by atoms with Crippen molar-refractivity contribution >= 4 is 37.6 Å². The zero-order valence-corrected chi connectivity index (χ0v) is 11.6. The molecule has 0 aliphatic heterocycles. The standard InChI is InChI=1S/C11H12Br2O2/c1-15-11-8(7-13)3-2-4-9(11)10(14)5-6-12/h2-4H,5-7H2,1H3. The Morgan fingerprint density at radius 1 is 1.40 bits per heavy atom. The summed E-state index contributed by atoms with van der Waals surface area (Å²) in [6.45, 7) is 0. The molecule has 82 valence electrons. The monoisotopic (exact) mass is 334 g/mol. The number of carbonyl (C=O) groups excluding carboxylic acids is 1. The van der Waals surface area contributed by atoms with Gasteiger partial charge in [0, 0.05) is 22.6 Å². The van der Waals surface area contributed by atoms with E-state index in [0.29, 0.717) is 28.4 Å². The van der Waals surface area contributed by atoms with Crippen molar-refractivity contribution in [1.29, 1.82) is 0 Å². The van der Waals surface area contributed by atoms with E-state index < -0.39 is 0 Å². The fourth-order valence-electron chi connectivity index (χ4n) is 1.37. The fourth-order valence-corrected chi connectivity index (χ4v) is 2.17. The molecule has 0 aliphatic carbocycles. The van der Waals surface area contributed by atoms with Crippen LogP contribution in [0.3, 0.4) is 0 Å². The highest BCUT2D eigenvalue weighted by atomic mass is 79.9. The first-order valence-electron chi connectivity index (χ1n) is 4.55. The van der Waals surface area contributed by atoms with Gasteiger partial charge in [-0.3, -0.25) is 4.79 Å². The molecule has 0 saturated heterocycles. The first kappa shape index (κ1) is 12.7. The molecule has 0 aliphatic rings. The lowest BCUT2D eigenvalue weighted by Gasteiger charge is -2.10. The highest BCUT2D eigenvalue weighted by Gasteiger charge is 2.14. The second kappa shape index (κ2) is 6.28. The number of para-hydroxylation sites is 1. The Bertz CT molecular complexity index is 350. The molecule has 1 aromatic carbocycles. The van der Waals surface area contributed by atoms with E-state index in [2.05, 4.69) is 31.9 Å². The van der Waals surface area contributed by atoms with Gasteiger partial charge in [0.2, 0.25) is 0 Å². The molecule has 0 unspecified atom stereocenters. The highest BCUT2D eigenvalue weighted by molar-refractivity contribution is 9.09. The third-order valence-corrected chi connectivity index (χ3v) is 3.07. The average molecular weight is 336 g/mol. The van der Waals surface area contributed by atoms with Crippen LogP contribution in [0.5, 0.6) is 5.75 Å². The summed E-state index contributed by atoms with van der Waals surface area (Å²) in [7, 11) is 1.59. The number of benzene rings is 1. The molecule has 0 radical (unpaired) electrons. The van der Waals surface area contributed by atoms with Crippen molar-refractivity contribution in [3.63, 3.8) is 0 Å². The fraction of sp³-hybridized carbons (Fsp3) is 0.364. The minimum Gasteiger partial charge on any atom is -0.496 e. The lowest BCUT2D eigenvalue weighted by molar-refractivity contribution is 0.0987. The van der Waals surface area contributed by atoms with Gasteiger partial charge >= 0.3 is 0 Å². The van der Waals surface area contributed by atoms with Crippen molar-refractivity contribution in [2.45, 2.75) is 11.8 Å². The Hall–Kier alpha value is -0.350. The number of hydrogen-bond donors (Lipinski definition) is 0. The van der Waals surface area contributed by atoms with Crippen LogP contribution in [0.15, 0.2) is 18.2 Å². The predicted octanol–water partition coefficient (Wildman–Crippen LogP) is 3.56. The van der Waals surface area contributed by atoms with Crippen LogP contribution < -0.4 is 4.74 Å². The molecule has 1 aromatic rings. The van der Waals surface area contributed by atoms with E-state index in [0.717, 1.165) is 5.56 Å². The predicted molar refractivity (Wildman–Crippen MR) is 68.4 cm³/mol. The molecule has 0 atom stereocenters. The topological polar surface area (TPSA) is 26.3 Å². The smallest absolute Gasteiger partial charge is 0.167 e. The van der Waals surface area contributed by atoms with Gasteiger partial charge in [0.05, 0.1) is 12.7 Å². The summed E-state index contributed by atoms with van der Waals surface area (Å²) < 4.78 is 5.27. The van der Waals surface area contributed by atoms with Gasteiger partial charge in [-0.1, -0.05) is 44.0 Å². The second-order valence-electron chi connectivity index (χ2n) is 2.99. The highest BCUT2D eigenvalue weighted by Crippen LogP contribution is 2.26. The van der Waals surface area contributed by atoms with Crippen molar-refractivity contribution in [3.8, 4) is 5.75 Å². The van der Waals surface area contributed by atoms with Gasteiger partial charge in [-0.2, -0.15) is 0 Å². The van der Waals surface area contributed by atoms with E-state index in [1.807, 2.05) is 12.1 Å². The molecule has 15 heavy (non-hydrogen) atoms. The molecule has 0 N–H and O–H groups in total. The van der Waals surface area contributed by atoms with Crippen LogP contribution in [0.2, 0.25) is 0 Å². The van der Waals surface area contributed by atoms with Crippen LogP contribution in [0.4, 0.5) is 0 Å². The molecule has 1 rings (SSSR count). The summed E-state index contributed by atoms with van der Waals surface area (Å²) in [6, 6.07) is 5.62. The first-order chi connectivity index (χ1) is 7.24. The number of carbonyl (C=O) groups is 1. The number of ether oxygens (including phenoxy) is 1. The maximum absolute atomic E-state index is 11.8. The van der Waals surface area contributed by atoms with Crippen molar-refractivity contribution in [2.24, 2.45) is 0 Å². The van der Waals surface area contributed by atoms with Crippen molar-refractivity contribution in [1.82, 2.24) is 0 Å². The summed E-state index contributed by atoms with van der Waals surface area (Å²) in [5.74, 6) is 0.784. The number of rotatable bonds is 5.